The number of nitrogens with zero attached hydrogens (tertiary/aromatic N) is 2. The Morgan fingerprint density at radius 2 is 2.05 bits per heavy atom. The van der Waals surface area contributed by atoms with E-state index in [4.69, 9.17) is 0 Å². The molecular formula is C14H15BrN2O2. The van der Waals surface area contributed by atoms with E-state index in [2.05, 4.69) is 15.9 Å². The van der Waals surface area contributed by atoms with Gasteiger partial charge in [0.2, 0.25) is 5.91 Å². The van der Waals surface area contributed by atoms with Crippen LogP contribution >= 0.6 is 15.9 Å². The maximum Gasteiger partial charge on any atom is 0.250 e. The number of halogens is 1. The van der Waals surface area contributed by atoms with E-state index >= 15 is 0 Å². The molecule has 5 heteroatoms. The topological polar surface area (TPSA) is 40.6 Å². The third kappa shape index (κ3) is 1.96. The number of piperazine rings is 1. The van der Waals surface area contributed by atoms with Crippen LogP contribution < -0.4 is 4.90 Å². The predicted molar refractivity (Wildman–Crippen MR) is 75.8 cm³/mol. The molecule has 100 valence electrons. The van der Waals surface area contributed by atoms with Gasteiger partial charge in [0.1, 0.15) is 12.1 Å². The highest BCUT2D eigenvalue weighted by atomic mass is 79.9. The van der Waals surface area contributed by atoms with Gasteiger partial charge in [-0.05, 0) is 38.0 Å². The lowest BCUT2D eigenvalue weighted by Crippen LogP contribution is -2.62. The molecule has 0 N–H and O–H groups in total. The quantitative estimate of drug-likeness (QED) is 0.795. The van der Waals surface area contributed by atoms with Gasteiger partial charge in [-0.2, -0.15) is 0 Å². The first kappa shape index (κ1) is 12.7. The molecule has 2 heterocycles. The molecule has 2 atom stereocenters. The van der Waals surface area contributed by atoms with Gasteiger partial charge in [0.05, 0.1) is 0 Å². The number of hydrogen-bond donors (Lipinski definition) is 0. The Hall–Kier alpha value is -1.36. The Labute approximate surface area is 120 Å². The fourth-order valence-electron chi connectivity index (χ4n) is 2.97. The standard InChI is InChI=1S/C14H15BrN2O2/c1-9-13(18)16-7-3-6-12(16)14(19)17(9)11-5-2-4-10(15)8-11/h2,4-5,8-9,12H,3,6-7H2,1H3. The van der Waals surface area contributed by atoms with Crippen LogP contribution in [-0.2, 0) is 9.59 Å². The molecule has 0 aromatic heterocycles. The van der Waals surface area contributed by atoms with Gasteiger partial charge in [-0.25, -0.2) is 0 Å². The van der Waals surface area contributed by atoms with E-state index in [9.17, 15) is 9.59 Å². The monoisotopic (exact) mass is 322 g/mol. The van der Waals surface area contributed by atoms with Crippen LogP contribution in [0, 0.1) is 0 Å². The highest BCUT2D eigenvalue weighted by molar-refractivity contribution is 9.10. The summed E-state index contributed by atoms with van der Waals surface area (Å²) in [7, 11) is 0. The highest BCUT2D eigenvalue weighted by Crippen LogP contribution is 2.31. The van der Waals surface area contributed by atoms with E-state index in [0.717, 1.165) is 23.0 Å². The predicted octanol–water partition coefficient (Wildman–Crippen LogP) is 2.18. The minimum Gasteiger partial charge on any atom is -0.329 e. The van der Waals surface area contributed by atoms with Gasteiger partial charge in [-0.15, -0.1) is 0 Å². The Bertz CT molecular complexity index is 546. The van der Waals surface area contributed by atoms with Gasteiger partial charge in [-0.1, -0.05) is 22.0 Å². The van der Waals surface area contributed by atoms with Crippen molar-refractivity contribution in [3.63, 3.8) is 0 Å². The normalized spacial score (nSPS) is 26.8. The molecule has 3 rings (SSSR count). The maximum absolute atomic E-state index is 12.6. The zero-order chi connectivity index (χ0) is 13.6. The van der Waals surface area contributed by atoms with Crippen LogP contribution in [0.25, 0.3) is 0 Å². The fraction of sp³-hybridized carbons (Fsp3) is 0.429. The van der Waals surface area contributed by atoms with Crippen molar-refractivity contribution < 1.29 is 9.59 Å². The number of rotatable bonds is 1. The second kappa shape index (κ2) is 4.63. The first-order chi connectivity index (χ1) is 9.09. The number of hydrogen-bond acceptors (Lipinski definition) is 2. The molecule has 2 unspecified atom stereocenters. The van der Waals surface area contributed by atoms with Gasteiger partial charge in [0.25, 0.3) is 5.91 Å². The third-order valence-corrected chi connectivity index (χ3v) is 4.38. The van der Waals surface area contributed by atoms with Crippen LogP contribution in [-0.4, -0.2) is 35.3 Å². The molecule has 1 aromatic carbocycles. The SMILES string of the molecule is CC1C(=O)N2CCCC2C(=O)N1c1cccc(Br)c1. The summed E-state index contributed by atoms with van der Waals surface area (Å²) in [6, 6.07) is 6.86. The van der Waals surface area contributed by atoms with Crippen molar-refractivity contribution >= 4 is 33.4 Å². The van der Waals surface area contributed by atoms with Crippen LogP contribution in [0.1, 0.15) is 19.8 Å². The second-order valence-corrected chi connectivity index (χ2v) is 5.97. The number of anilines is 1. The smallest absolute Gasteiger partial charge is 0.250 e. The number of carbonyl (C=O) groups excluding carboxylic acids is 2. The Kier molecular flexibility index (Phi) is 3.09. The van der Waals surface area contributed by atoms with Crippen molar-refractivity contribution in [2.24, 2.45) is 0 Å². The molecular weight excluding hydrogens is 308 g/mol. The molecule has 1 aromatic rings. The Morgan fingerprint density at radius 1 is 1.26 bits per heavy atom. The zero-order valence-corrected chi connectivity index (χ0v) is 12.3. The van der Waals surface area contributed by atoms with Gasteiger partial charge >= 0.3 is 0 Å². The van der Waals surface area contributed by atoms with Gasteiger partial charge < -0.3 is 4.90 Å². The van der Waals surface area contributed by atoms with Gasteiger partial charge in [0.15, 0.2) is 0 Å². The maximum atomic E-state index is 12.6. The summed E-state index contributed by atoms with van der Waals surface area (Å²) in [6.07, 6.45) is 1.70. The van der Waals surface area contributed by atoms with E-state index in [0.29, 0.717) is 6.54 Å². The van der Waals surface area contributed by atoms with E-state index in [1.165, 1.54) is 0 Å². The van der Waals surface area contributed by atoms with Gasteiger partial charge in [0, 0.05) is 16.7 Å². The molecule has 0 spiro atoms. The molecule has 0 saturated carbocycles. The first-order valence-corrected chi connectivity index (χ1v) is 7.28. The minimum atomic E-state index is -0.420. The van der Waals surface area contributed by atoms with Crippen LogP contribution in [0.4, 0.5) is 5.69 Å². The van der Waals surface area contributed by atoms with Crippen molar-refractivity contribution in [1.29, 1.82) is 0 Å². The summed E-state index contributed by atoms with van der Waals surface area (Å²) in [4.78, 5) is 28.3. The molecule has 0 radical (unpaired) electrons. The Balaban J connectivity index is 2.00. The lowest BCUT2D eigenvalue weighted by Gasteiger charge is -2.40. The highest BCUT2D eigenvalue weighted by Gasteiger charge is 2.46. The van der Waals surface area contributed by atoms with Crippen LogP contribution in [0.15, 0.2) is 28.7 Å². The largest absolute Gasteiger partial charge is 0.329 e. The van der Waals surface area contributed by atoms with Crippen LogP contribution in [0.2, 0.25) is 0 Å². The fourth-order valence-corrected chi connectivity index (χ4v) is 3.35. The van der Waals surface area contributed by atoms with Crippen molar-refractivity contribution in [2.75, 3.05) is 11.4 Å². The molecule has 0 bridgehead atoms. The Morgan fingerprint density at radius 3 is 2.79 bits per heavy atom. The molecule has 2 amide bonds. The van der Waals surface area contributed by atoms with Crippen LogP contribution in [0.3, 0.4) is 0 Å². The van der Waals surface area contributed by atoms with E-state index in [1.807, 2.05) is 24.3 Å². The average molecular weight is 323 g/mol. The molecule has 19 heavy (non-hydrogen) atoms. The molecule has 0 aliphatic carbocycles. The van der Waals surface area contributed by atoms with Crippen molar-refractivity contribution in [1.82, 2.24) is 4.90 Å². The van der Waals surface area contributed by atoms with E-state index in [-0.39, 0.29) is 17.9 Å². The van der Waals surface area contributed by atoms with Crippen molar-refractivity contribution in [3.05, 3.63) is 28.7 Å². The first-order valence-electron chi connectivity index (χ1n) is 6.48. The second-order valence-electron chi connectivity index (χ2n) is 5.05. The number of amides is 2. The van der Waals surface area contributed by atoms with Crippen molar-refractivity contribution in [3.8, 4) is 0 Å². The zero-order valence-electron chi connectivity index (χ0n) is 10.7. The van der Waals surface area contributed by atoms with Crippen molar-refractivity contribution in [2.45, 2.75) is 31.8 Å². The number of fused-ring (bicyclic) bond motifs is 1. The molecule has 2 aliphatic heterocycles. The van der Waals surface area contributed by atoms with Crippen LogP contribution in [0.5, 0.6) is 0 Å². The van der Waals surface area contributed by atoms with E-state index in [1.54, 1.807) is 16.7 Å². The summed E-state index contributed by atoms with van der Waals surface area (Å²) in [5.41, 5.74) is 0.784. The summed E-state index contributed by atoms with van der Waals surface area (Å²) >= 11 is 3.41. The van der Waals surface area contributed by atoms with E-state index < -0.39 is 6.04 Å². The third-order valence-electron chi connectivity index (χ3n) is 3.89. The summed E-state index contributed by atoms with van der Waals surface area (Å²) in [6.45, 7) is 2.52. The lowest BCUT2D eigenvalue weighted by atomic mass is 10.1. The summed E-state index contributed by atoms with van der Waals surface area (Å²) in [5.74, 6) is 0.102. The minimum absolute atomic E-state index is 0.0442. The molecule has 2 aliphatic rings. The summed E-state index contributed by atoms with van der Waals surface area (Å²) in [5, 5.41) is 0. The molecule has 2 saturated heterocycles. The summed E-state index contributed by atoms with van der Waals surface area (Å²) < 4.78 is 0.909. The lowest BCUT2D eigenvalue weighted by molar-refractivity contribution is -0.143. The molecule has 2 fully saturated rings. The average Bonchev–Trinajstić information content (AvgIpc) is 2.86. The number of benzene rings is 1. The molecule has 4 nitrogen and oxygen atoms in total. The number of carbonyl (C=O) groups is 2. The van der Waals surface area contributed by atoms with Gasteiger partial charge in [-0.3, -0.25) is 14.5 Å².